The van der Waals surface area contributed by atoms with Crippen LogP contribution >= 0.6 is 0 Å². The zero-order valence-electron chi connectivity index (χ0n) is 14.0. The predicted octanol–water partition coefficient (Wildman–Crippen LogP) is 2.14. The number of nitrogens with one attached hydrogen (secondary N) is 1. The van der Waals surface area contributed by atoms with E-state index >= 15 is 0 Å². The van der Waals surface area contributed by atoms with Crippen LogP contribution < -0.4 is 10.1 Å². The molecule has 0 atom stereocenters. The third kappa shape index (κ3) is 3.89. The van der Waals surface area contributed by atoms with Gasteiger partial charge in [-0.2, -0.15) is 5.10 Å². The fourth-order valence-electron chi connectivity index (χ4n) is 1.82. The molecule has 2 aromatic rings. The number of aromatic nitrogens is 3. The first-order valence-corrected chi connectivity index (χ1v) is 7.42. The fourth-order valence-corrected chi connectivity index (χ4v) is 1.82. The van der Waals surface area contributed by atoms with Crippen LogP contribution in [0.2, 0.25) is 0 Å². The van der Waals surface area contributed by atoms with Crippen LogP contribution in [0.3, 0.4) is 0 Å². The standard InChI is InChI=1S/C16H20N4O4/c1-10(2)24-13-6-5-11(7-17-13)14(21)19-12-8-18-20(9-12)16(3,4)15(22)23/h5-10H,1-4H3,(H,19,21)(H,22,23). The number of carboxylic acid groups (broad SMARTS) is 1. The Hall–Kier alpha value is -2.90. The van der Waals surface area contributed by atoms with Crippen LogP contribution in [0.4, 0.5) is 5.69 Å². The van der Waals surface area contributed by atoms with Crippen LogP contribution in [0.5, 0.6) is 5.88 Å². The van der Waals surface area contributed by atoms with Crippen LogP contribution in [-0.4, -0.2) is 37.9 Å². The van der Waals surface area contributed by atoms with E-state index in [9.17, 15) is 14.7 Å². The van der Waals surface area contributed by atoms with Gasteiger partial charge in [0.1, 0.15) is 0 Å². The molecule has 0 saturated heterocycles. The van der Waals surface area contributed by atoms with Crippen molar-refractivity contribution in [1.29, 1.82) is 0 Å². The molecule has 1 amide bonds. The number of anilines is 1. The maximum Gasteiger partial charge on any atom is 0.331 e. The molecule has 0 aromatic carbocycles. The average Bonchev–Trinajstić information content (AvgIpc) is 2.96. The minimum atomic E-state index is -1.21. The Morgan fingerprint density at radius 3 is 2.54 bits per heavy atom. The Bertz CT molecular complexity index is 735. The molecule has 8 nitrogen and oxygen atoms in total. The molecule has 0 bridgehead atoms. The van der Waals surface area contributed by atoms with Crippen LogP contribution in [-0.2, 0) is 10.3 Å². The lowest BCUT2D eigenvalue weighted by atomic mass is 10.1. The summed E-state index contributed by atoms with van der Waals surface area (Å²) in [5.74, 6) is -0.947. The number of aliphatic carboxylic acids is 1. The molecule has 0 unspecified atom stereocenters. The normalized spacial score (nSPS) is 11.4. The van der Waals surface area contributed by atoms with Gasteiger partial charge in [-0.25, -0.2) is 9.78 Å². The van der Waals surface area contributed by atoms with Gasteiger partial charge in [0.05, 0.1) is 23.6 Å². The van der Waals surface area contributed by atoms with Crippen LogP contribution in [0.25, 0.3) is 0 Å². The summed E-state index contributed by atoms with van der Waals surface area (Å²) in [6.07, 6.45) is 4.28. The van der Waals surface area contributed by atoms with E-state index in [1.807, 2.05) is 13.8 Å². The molecule has 2 aromatic heterocycles. The van der Waals surface area contributed by atoms with Crippen LogP contribution in [0, 0.1) is 0 Å². The number of carbonyl (C=O) groups is 2. The highest BCUT2D eigenvalue weighted by Gasteiger charge is 2.30. The van der Waals surface area contributed by atoms with Gasteiger partial charge in [0.2, 0.25) is 5.88 Å². The topological polar surface area (TPSA) is 106 Å². The summed E-state index contributed by atoms with van der Waals surface area (Å²) in [5.41, 5.74) is -0.450. The van der Waals surface area contributed by atoms with Crippen molar-refractivity contribution >= 4 is 17.6 Å². The van der Waals surface area contributed by atoms with Crippen LogP contribution in [0.1, 0.15) is 38.1 Å². The van der Waals surface area contributed by atoms with Gasteiger partial charge in [-0.15, -0.1) is 0 Å². The summed E-state index contributed by atoms with van der Waals surface area (Å²) >= 11 is 0. The minimum absolute atomic E-state index is 0.000560. The third-order valence-electron chi connectivity index (χ3n) is 3.29. The van der Waals surface area contributed by atoms with Gasteiger partial charge >= 0.3 is 5.97 Å². The first-order chi connectivity index (χ1) is 11.2. The van der Waals surface area contributed by atoms with Crippen molar-refractivity contribution in [2.45, 2.75) is 39.3 Å². The molecule has 0 radical (unpaired) electrons. The smallest absolute Gasteiger partial charge is 0.331 e. The molecule has 128 valence electrons. The average molecular weight is 332 g/mol. The van der Waals surface area contributed by atoms with Crippen molar-refractivity contribution < 1.29 is 19.4 Å². The lowest BCUT2D eigenvalue weighted by Gasteiger charge is -2.19. The van der Waals surface area contributed by atoms with E-state index in [0.717, 1.165) is 0 Å². The van der Waals surface area contributed by atoms with E-state index in [0.29, 0.717) is 17.1 Å². The molecule has 0 aliphatic carbocycles. The first kappa shape index (κ1) is 17.5. The second-order valence-corrected chi connectivity index (χ2v) is 6.04. The Morgan fingerprint density at radius 2 is 2.00 bits per heavy atom. The number of pyridine rings is 1. The lowest BCUT2D eigenvalue weighted by molar-refractivity contribution is -0.146. The number of carbonyl (C=O) groups excluding carboxylic acids is 1. The largest absolute Gasteiger partial charge is 0.479 e. The van der Waals surface area contributed by atoms with E-state index in [2.05, 4.69) is 15.4 Å². The van der Waals surface area contributed by atoms with Gasteiger partial charge < -0.3 is 15.2 Å². The number of nitrogens with zero attached hydrogens (tertiary/aromatic N) is 3. The molecule has 2 N–H and O–H groups in total. The number of hydrogen-bond acceptors (Lipinski definition) is 5. The second-order valence-electron chi connectivity index (χ2n) is 6.04. The highest BCUT2D eigenvalue weighted by atomic mass is 16.5. The van der Waals surface area contributed by atoms with Crippen molar-refractivity contribution in [3.63, 3.8) is 0 Å². The minimum Gasteiger partial charge on any atom is -0.479 e. The predicted molar refractivity (Wildman–Crippen MR) is 87.1 cm³/mol. The SMILES string of the molecule is CC(C)Oc1ccc(C(=O)Nc2cnn(C(C)(C)C(=O)O)c2)cn1. The molecule has 0 aliphatic heterocycles. The molecule has 24 heavy (non-hydrogen) atoms. The van der Waals surface area contributed by atoms with E-state index in [4.69, 9.17) is 4.74 Å². The summed E-state index contributed by atoms with van der Waals surface area (Å²) in [5, 5.41) is 15.8. The van der Waals surface area contributed by atoms with Crippen molar-refractivity contribution in [3.8, 4) is 5.88 Å². The summed E-state index contributed by atoms with van der Waals surface area (Å²) in [6.45, 7) is 6.81. The molecular weight excluding hydrogens is 312 g/mol. The monoisotopic (exact) mass is 332 g/mol. The van der Waals surface area contributed by atoms with Gasteiger partial charge in [0, 0.05) is 18.5 Å². The summed E-state index contributed by atoms with van der Waals surface area (Å²) < 4.78 is 6.70. The summed E-state index contributed by atoms with van der Waals surface area (Å²) in [7, 11) is 0. The molecule has 0 saturated carbocycles. The highest BCUT2D eigenvalue weighted by molar-refractivity contribution is 6.03. The third-order valence-corrected chi connectivity index (χ3v) is 3.29. The maximum absolute atomic E-state index is 12.2. The van der Waals surface area contributed by atoms with Crippen LogP contribution in [0.15, 0.2) is 30.7 Å². The van der Waals surface area contributed by atoms with Gasteiger partial charge in [0.25, 0.3) is 5.91 Å². The number of amides is 1. The molecular formula is C16H20N4O4. The molecule has 8 heteroatoms. The van der Waals surface area contributed by atoms with E-state index < -0.39 is 11.5 Å². The summed E-state index contributed by atoms with van der Waals surface area (Å²) in [4.78, 5) is 27.5. The van der Waals surface area contributed by atoms with Crippen molar-refractivity contribution in [1.82, 2.24) is 14.8 Å². The van der Waals surface area contributed by atoms with Gasteiger partial charge in [-0.05, 0) is 33.8 Å². The van der Waals surface area contributed by atoms with Crippen molar-refractivity contribution in [2.75, 3.05) is 5.32 Å². The fraction of sp³-hybridized carbons (Fsp3) is 0.375. The summed E-state index contributed by atoms with van der Waals surface area (Å²) in [6, 6.07) is 3.22. The number of rotatable bonds is 6. The van der Waals surface area contributed by atoms with Gasteiger partial charge in [-0.1, -0.05) is 0 Å². The Morgan fingerprint density at radius 1 is 1.29 bits per heavy atom. The number of carboxylic acids is 1. The zero-order chi connectivity index (χ0) is 17.9. The Labute approximate surface area is 139 Å². The molecule has 0 aliphatic rings. The Kier molecular flexibility index (Phi) is 4.87. The number of ether oxygens (including phenoxy) is 1. The second kappa shape index (κ2) is 6.69. The molecule has 0 fully saturated rings. The zero-order valence-corrected chi connectivity index (χ0v) is 14.0. The Balaban J connectivity index is 2.07. The van der Waals surface area contributed by atoms with E-state index in [-0.39, 0.29) is 12.0 Å². The van der Waals surface area contributed by atoms with Gasteiger partial charge in [0.15, 0.2) is 5.54 Å². The van der Waals surface area contributed by atoms with E-state index in [1.54, 1.807) is 12.1 Å². The lowest BCUT2D eigenvalue weighted by Crippen LogP contribution is -2.35. The van der Waals surface area contributed by atoms with Crippen molar-refractivity contribution in [3.05, 3.63) is 36.3 Å². The molecule has 0 spiro atoms. The van der Waals surface area contributed by atoms with Gasteiger partial charge in [-0.3, -0.25) is 9.48 Å². The highest BCUT2D eigenvalue weighted by Crippen LogP contribution is 2.18. The number of hydrogen-bond donors (Lipinski definition) is 2. The molecule has 2 rings (SSSR count). The van der Waals surface area contributed by atoms with Crippen molar-refractivity contribution in [2.24, 2.45) is 0 Å². The maximum atomic E-state index is 12.2. The molecule has 2 heterocycles. The van der Waals surface area contributed by atoms with E-state index in [1.165, 1.54) is 37.1 Å². The quantitative estimate of drug-likeness (QED) is 0.839. The first-order valence-electron chi connectivity index (χ1n) is 7.42.